The van der Waals surface area contributed by atoms with Gasteiger partial charge in [0.2, 0.25) is 5.82 Å². The number of carboxylic acids is 1. The normalized spacial score (nSPS) is 24.8. The summed E-state index contributed by atoms with van der Waals surface area (Å²) in [6.07, 6.45) is -2.63. The van der Waals surface area contributed by atoms with Gasteiger partial charge < -0.3 is 19.5 Å². The van der Waals surface area contributed by atoms with Crippen molar-refractivity contribution in [3.8, 4) is 0 Å². The second kappa shape index (κ2) is 7.81. The molecule has 24 heavy (non-hydrogen) atoms. The molecule has 134 valence electrons. The van der Waals surface area contributed by atoms with Gasteiger partial charge >= 0.3 is 19.9 Å². The minimum atomic E-state index is -3.09. The SMILES string of the molecule is O=C(O)CO[PH](=O)OC[C@H]1O[C@@H](n2cc(F)c(=O)[nH]c2=O)C[C@@H]1O. The number of H-pyrrole nitrogens is 1. The van der Waals surface area contributed by atoms with E-state index in [0.29, 0.717) is 6.20 Å². The minimum Gasteiger partial charge on any atom is -0.480 e. The molecule has 2 rings (SSSR count). The summed E-state index contributed by atoms with van der Waals surface area (Å²) in [5.41, 5.74) is -2.10. The fourth-order valence-electron chi connectivity index (χ4n) is 2.02. The van der Waals surface area contributed by atoms with E-state index in [1.807, 2.05) is 0 Å². The van der Waals surface area contributed by atoms with Crippen LogP contribution in [0.3, 0.4) is 0 Å². The van der Waals surface area contributed by atoms with E-state index in [1.54, 1.807) is 4.98 Å². The van der Waals surface area contributed by atoms with Crippen LogP contribution >= 0.6 is 8.25 Å². The summed E-state index contributed by atoms with van der Waals surface area (Å²) < 4.78 is 39.8. The Morgan fingerprint density at radius 1 is 1.50 bits per heavy atom. The highest BCUT2D eigenvalue weighted by Gasteiger charge is 2.36. The Morgan fingerprint density at radius 3 is 2.88 bits per heavy atom. The lowest BCUT2D eigenvalue weighted by Crippen LogP contribution is -2.34. The molecule has 0 aromatic carbocycles. The summed E-state index contributed by atoms with van der Waals surface area (Å²) in [6, 6.07) is 0. The van der Waals surface area contributed by atoms with E-state index in [2.05, 4.69) is 4.52 Å². The lowest BCUT2D eigenvalue weighted by Gasteiger charge is -2.15. The lowest BCUT2D eigenvalue weighted by atomic mass is 10.2. The first-order chi connectivity index (χ1) is 11.3. The zero-order valence-electron chi connectivity index (χ0n) is 12.0. The number of rotatable bonds is 7. The third kappa shape index (κ3) is 4.58. The summed E-state index contributed by atoms with van der Waals surface area (Å²) >= 11 is 0. The van der Waals surface area contributed by atoms with Crippen LogP contribution in [0.15, 0.2) is 15.8 Å². The molecule has 0 saturated carbocycles. The molecule has 0 radical (unpaired) electrons. The van der Waals surface area contributed by atoms with Gasteiger partial charge in [0, 0.05) is 6.42 Å². The summed E-state index contributed by atoms with van der Waals surface area (Å²) in [7, 11) is -3.09. The van der Waals surface area contributed by atoms with E-state index >= 15 is 0 Å². The number of aliphatic carboxylic acids is 1. The van der Waals surface area contributed by atoms with Crippen LogP contribution in [-0.4, -0.2) is 51.2 Å². The van der Waals surface area contributed by atoms with Gasteiger partial charge in [-0.1, -0.05) is 0 Å². The predicted molar refractivity (Wildman–Crippen MR) is 74.4 cm³/mol. The molecule has 0 amide bonds. The molecule has 11 nitrogen and oxygen atoms in total. The van der Waals surface area contributed by atoms with Crippen LogP contribution in [0.2, 0.25) is 0 Å². The zero-order chi connectivity index (χ0) is 17.9. The van der Waals surface area contributed by atoms with Gasteiger partial charge in [-0.15, -0.1) is 0 Å². The standard InChI is InChI=1S/C11H14FN2O9P/c12-5-2-14(11(19)13-10(5)18)8-1-6(15)7(23-8)3-21-24(20)22-4-9(16)17/h2,6-8,15,24H,1,3-4H2,(H,16,17)(H,13,18,19)/t6-,7+,8+/m0/s1. The Kier molecular flexibility index (Phi) is 6.02. The number of hydrogen-bond acceptors (Lipinski definition) is 8. The second-order valence-corrected chi connectivity index (χ2v) is 5.90. The molecule has 0 bridgehead atoms. The highest BCUT2D eigenvalue weighted by Crippen LogP contribution is 2.31. The molecule has 1 unspecified atom stereocenters. The number of ether oxygens (including phenoxy) is 1. The molecule has 1 aromatic rings. The summed E-state index contributed by atoms with van der Waals surface area (Å²) in [6.45, 7) is -1.20. The average Bonchev–Trinajstić information content (AvgIpc) is 2.87. The average molecular weight is 368 g/mol. The summed E-state index contributed by atoms with van der Waals surface area (Å²) in [5.74, 6) is -2.52. The summed E-state index contributed by atoms with van der Waals surface area (Å²) in [4.78, 5) is 34.6. The molecule has 1 saturated heterocycles. The van der Waals surface area contributed by atoms with Crippen molar-refractivity contribution >= 4 is 14.2 Å². The van der Waals surface area contributed by atoms with Crippen molar-refractivity contribution in [3.05, 3.63) is 32.9 Å². The van der Waals surface area contributed by atoms with Crippen LogP contribution < -0.4 is 11.2 Å². The highest BCUT2D eigenvalue weighted by molar-refractivity contribution is 7.33. The molecular formula is C11H14FN2O9P. The Balaban J connectivity index is 1.96. The molecule has 0 aliphatic carbocycles. The van der Waals surface area contributed by atoms with Gasteiger partial charge in [-0.2, -0.15) is 4.39 Å². The summed E-state index contributed by atoms with van der Waals surface area (Å²) in [5, 5.41) is 18.2. The van der Waals surface area contributed by atoms with E-state index < -0.39 is 62.9 Å². The number of halogens is 1. The smallest absolute Gasteiger partial charge is 0.330 e. The first kappa shape index (κ1) is 18.5. The molecule has 0 spiro atoms. The number of hydrogen-bond donors (Lipinski definition) is 3. The topological polar surface area (TPSA) is 157 Å². The van der Waals surface area contributed by atoms with Crippen molar-refractivity contribution in [1.29, 1.82) is 0 Å². The number of aromatic amines is 1. The van der Waals surface area contributed by atoms with Crippen LogP contribution in [0.5, 0.6) is 0 Å². The number of carboxylic acid groups (broad SMARTS) is 1. The Bertz CT molecular complexity index is 748. The Morgan fingerprint density at radius 2 is 2.21 bits per heavy atom. The monoisotopic (exact) mass is 368 g/mol. The zero-order valence-corrected chi connectivity index (χ0v) is 13.0. The number of nitrogens with one attached hydrogen (secondary N) is 1. The van der Waals surface area contributed by atoms with Crippen LogP contribution in [-0.2, 0) is 23.1 Å². The van der Waals surface area contributed by atoms with Crippen molar-refractivity contribution in [2.45, 2.75) is 24.9 Å². The maximum atomic E-state index is 13.3. The maximum Gasteiger partial charge on any atom is 0.330 e. The van der Waals surface area contributed by atoms with Gasteiger partial charge in [-0.3, -0.25) is 23.4 Å². The predicted octanol–water partition coefficient (Wildman–Crippen LogP) is -1.17. The Labute approximate surface area is 133 Å². The molecule has 1 aliphatic heterocycles. The Hall–Kier alpha value is -1.85. The molecule has 13 heteroatoms. The van der Waals surface area contributed by atoms with Crippen molar-refractivity contribution in [1.82, 2.24) is 9.55 Å². The first-order valence-electron chi connectivity index (χ1n) is 6.63. The van der Waals surface area contributed by atoms with Crippen LogP contribution in [0.4, 0.5) is 4.39 Å². The minimum absolute atomic E-state index is 0.101. The van der Waals surface area contributed by atoms with Crippen molar-refractivity contribution in [3.63, 3.8) is 0 Å². The molecule has 1 fully saturated rings. The van der Waals surface area contributed by atoms with E-state index in [1.165, 1.54) is 0 Å². The number of aliphatic hydroxyl groups excluding tert-OH is 1. The molecule has 4 atom stereocenters. The highest BCUT2D eigenvalue weighted by atomic mass is 31.1. The molecule has 2 heterocycles. The van der Waals surface area contributed by atoms with Crippen molar-refractivity contribution in [2.24, 2.45) is 0 Å². The van der Waals surface area contributed by atoms with Gasteiger partial charge in [-0.05, 0) is 0 Å². The van der Waals surface area contributed by atoms with Gasteiger partial charge in [-0.25, -0.2) is 9.59 Å². The third-order valence-corrected chi connectivity index (χ3v) is 3.90. The number of nitrogens with zero attached hydrogens (tertiary/aromatic N) is 1. The largest absolute Gasteiger partial charge is 0.480 e. The third-order valence-electron chi connectivity index (χ3n) is 3.12. The van der Waals surface area contributed by atoms with Crippen LogP contribution in [0, 0.1) is 5.82 Å². The van der Waals surface area contributed by atoms with E-state index in [4.69, 9.17) is 14.4 Å². The number of aromatic nitrogens is 2. The van der Waals surface area contributed by atoms with E-state index in [0.717, 1.165) is 4.57 Å². The quantitative estimate of drug-likeness (QED) is 0.504. The van der Waals surface area contributed by atoms with E-state index in [-0.39, 0.29) is 6.42 Å². The van der Waals surface area contributed by atoms with Gasteiger partial charge in [0.05, 0.1) is 18.9 Å². The number of aliphatic hydroxyl groups is 1. The van der Waals surface area contributed by atoms with Crippen LogP contribution in [0.25, 0.3) is 0 Å². The van der Waals surface area contributed by atoms with Gasteiger partial charge in [0.25, 0.3) is 5.56 Å². The first-order valence-corrected chi connectivity index (χ1v) is 7.86. The fraction of sp³-hybridized carbons (Fsp3) is 0.545. The molecular weight excluding hydrogens is 354 g/mol. The van der Waals surface area contributed by atoms with Crippen molar-refractivity contribution in [2.75, 3.05) is 13.2 Å². The molecule has 1 aliphatic rings. The molecule has 1 aromatic heterocycles. The molecule has 3 N–H and O–H groups in total. The van der Waals surface area contributed by atoms with Gasteiger partial charge in [0.1, 0.15) is 12.3 Å². The number of carbonyl (C=O) groups is 1. The second-order valence-electron chi connectivity index (χ2n) is 4.82. The van der Waals surface area contributed by atoms with Gasteiger partial charge in [0.15, 0.2) is 6.61 Å². The van der Waals surface area contributed by atoms with E-state index in [9.17, 15) is 28.4 Å². The van der Waals surface area contributed by atoms with Crippen LogP contribution in [0.1, 0.15) is 12.6 Å². The fourth-order valence-corrected chi connectivity index (χ4v) is 2.65. The maximum absolute atomic E-state index is 13.3. The van der Waals surface area contributed by atoms with Crippen molar-refractivity contribution < 1.29 is 37.7 Å². The lowest BCUT2D eigenvalue weighted by molar-refractivity contribution is -0.139.